The molecule has 1 rings (SSSR count). The number of nitrogens with one attached hydrogen (secondary N) is 2. The molecule has 0 heterocycles. The lowest BCUT2D eigenvalue weighted by molar-refractivity contribution is 0.235. The summed E-state index contributed by atoms with van der Waals surface area (Å²) in [5.74, 6) is 0.908. The fraction of sp³-hybridized carbons (Fsp3) is 0.562. The molecule has 0 aromatic heterocycles. The number of para-hydroxylation sites is 1. The van der Waals surface area contributed by atoms with Crippen molar-refractivity contribution < 1.29 is 9.53 Å². The monoisotopic (exact) mass is 293 g/mol. The Hall–Kier alpha value is -1.75. The van der Waals surface area contributed by atoms with Gasteiger partial charge in [-0.2, -0.15) is 0 Å². The van der Waals surface area contributed by atoms with E-state index in [1.807, 2.05) is 46.1 Å². The quantitative estimate of drug-likeness (QED) is 0.720. The standard InChI is InChI=1S/C16H27N3O2/c1-13-7-5-8-14(2)15(13)21-12-10-18-16(20)17-9-6-11-19(3)4/h5,7-8H,6,9-12H2,1-4H3,(H2,17,18,20). The van der Waals surface area contributed by atoms with E-state index in [-0.39, 0.29) is 6.03 Å². The fourth-order valence-corrected chi connectivity index (χ4v) is 2.00. The van der Waals surface area contributed by atoms with Crippen molar-refractivity contribution in [2.75, 3.05) is 40.3 Å². The first-order chi connectivity index (χ1) is 10.0. The summed E-state index contributed by atoms with van der Waals surface area (Å²) in [5, 5.41) is 5.62. The molecule has 0 saturated heterocycles. The molecule has 2 amide bonds. The Morgan fingerprint density at radius 3 is 2.38 bits per heavy atom. The van der Waals surface area contributed by atoms with Gasteiger partial charge in [0.25, 0.3) is 0 Å². The third-order valence-electron chi connectivity index (χ3n) is 3.11. The number of aryl methyl sites for hydroxylation is 2. The first-order valence-electron chi connectivity index (χ1n) is 7.36. The second kappa shape index (κ2) is 9.23. The molecule has 0 unspecified atom stereocenters. The van der Waals surface area contributed by atoms with Gasteiger partial charge in [0.1, 0.15) is 12.4 Å². The highest BCUT2D eigenvalue weighted by molar-refractivity contribution is 5.73. The number of hydrogen-bond acceptors (Lipinski definition) is 3. The minimum Gasteiger partial charge on any atom is -0.491 e. The predicted octanol–water partition coefficient (Wildman–Crippen LogP) is 1.93. The van der Waals surface area contributed by atoms with E-state index in [9.17, 15) is 4.79 Å². The highest BCUT2D eigenvalue weighted by atomic mass is 16.5. The highest BCUT2D eigenvalue weighted by Crippen LogP contribution is 2.21. The lowest BCUT2D eigenvalue weighted by Gasteiger charge is -2.13. The van der Waals surface area contributed by atoms with Gasteiger partial charge in [-0.15, -0.1) is 0 Å². The molecule has 0 radical (unpaired) electrons. The van der Waals surface area contributed by atoms with Crippen molar-refractivity contribution in [1.82, 2.24) is 15.5 Å². The van der Waals surface area contributed by atoms with Crippen LogP contribution in [-0.4, -0.2) is 51.3 Å². The summed E-state index contributed by atoms with van der Waals surface area (Å²) in [5.41, 5.74) is 2.23. The molecule has 0 aliphatic carbocycles. The second-order valence-corrected chi connectivity index (χ2v) is 5.41. The van der Waals surface area contributed by atoms with E-state index >= 15 is 0 Å². The Bertz CT molecular complexity index is 427. The number of hydrogen-bond donors (Lipinski definition) is 2. The fourth-order valence-electron chi connectivity index (χ4n) is 2.00. The largest absolute Gasteiger partial charge is 0.491 e. The molecule has 5 nitrogen and oxygen atoms in total. The summed E-state index contributed by atoms with van der Waals surface area (Å²) < 4.78 is 5.73. The van der Waals surface area contributed by atoms with Gasteiger partial charge in [0.05, 0.1) is 6.54 Å². The molecule has 0 bridgehead atoms. The summed E-state index contributed by atoms with van der Waals surface area (Å²) >= 11 is 0. The molecule has 0 aliphatic rings. The molecule has 0 aliphatic heterocycles. The lowest BCUT2D eigenvalue weighted by Crippen LogP contribution is -2.38. The number of amides is 2. The molecule has 0 spiro atoms. The molecule has 1 aromatic carbocycles. The van der Waals surface area contributed by atoms with E-state index in [4.69, 9.17) is 4.74 Å². The minimum absolute atomic E-state index is 0.140. The van der Waals surface area contributed by atoms with E-state index in [0.717, 1.165) is 29.8 Å². The van der Waals surface area contributed by atoms with E-state index in [0.29, 0.717) is 19.7 Å². The zero-order valence-electron chi connectivity index (χ0n) is 13.5. The molecular formula is C16H27N3O2. The van der Waals surface area contributed by atoms with Crippen LogP contribution in [0.4, 0.5) is 4.79 Å². The molecular weight excluding hydrogens is 266 g/mol. The Morgan fingerprint density at radius 1 is 1.14 bits per heavy atom. The number of rotatable bonds is 8. The van der Waals surface area contributed by atoms with Crippen LogP contribution in [0.1, 0.15) is 17.5 Å². The Kier molecular flexibility index (Phi) is 7.61. The van der Waals surface area contributed by atoms with Crippen LogP contribution in [0.2, 0.25) is 0 Å². The number of urea groups is 1. The van der Waals surface area contributed by atoms with Crippen molar-refractivity contribution in [1.29, 1.82) is 0 Å². The van der Waals surface area contributed by atoms with Crippen molar-refractivity contribution in [3.05, 3.63) is 29.3 Å². The van der Waals surface area contributed by atoms with Crippen molar-refractivity contribution in [3.63, 3.8) is 0 Å². The average molecular weight is 293 g/mol. The van der Waals surface area contributed by atoms with Crippen LogP contribution in [0.25, 0.3) is 0 Å². The Morgan fingerprint density at radius 2 is 1.76 bits per heavy atom. The van der Waals surface area contributed by atoms with Gasteiger partial charge in [-0.25, -0.2) is 4.79 Å². The minimum atomic E-state index is -0.140. The smallest absolute Gasteiger partial charge is 0.314 e. The number of carbonyl (C=O) groups is 1. The normalized spacial score (nSPS) is 10.5. The van der Waals surface area contributed by atoms with Crippen LogP contribution in [0, 0.1) is 13.8 Å². The summed E-state index contributed by atoms with van der Waals surface area (Å²) in [7, 11) is 4.04. The van der Waals surface area contributed by atoms with Crippen LogP contribution < -0.4 is 15.4 Å². The lowest BCUT2D eigenvalue weighted by atomic mass is 10.1. The molecule has 0 saturated carbocycles. The van der Waals surface area contributed by atoms with Gasteiger partial charge >= 0.3 is 6.03 Å². The summed E-state index contributed by atoms with van der Waals surface area (Å²) in [4.78, 5) is 13.6. The van der Waals surface area contributed by atoms with Crippen LogP contribution in [-0.2, 0) is 0 Å². The number of ether oxygens (including phenoxy) is 1. The first-order valence-corrected chi connectivity index (χ1v) is 7.36. The van der Waals surface area contributed by atoms with E-state index in [2.05, 4.69) is 15.5 Å². The van der Waals surface area contributed by atoms with Gasteiger partial charge < -0.3 is 20.3 Å². The van der Waals surface area contributed by atoms with Gasteiger partial charge in [-0.1, -0.05) is 18.2 Å². The van der Waals surface area contributed by atoms with Crippen molar-refractivity contribution >= 4 is 6.03 Å². The molecule has 0 fully saturated rings. The van der Waals surface area contributed by atoms with Gasteiger partial charge in [0, 0.05) is 6.54 Å². The third kappa shape index (κ3) is 6.99. The van der Waals surface area contributed by atoms with Gasteiger partial charge in [0.2, 0.25) is 0 Å². The number of benzene rings is 1. The van der Waals surface area contributed by atoms with Crippen LogP contribution >= 0.6 is 0 Å². The molecule has 2 N–H and O–H groups in total. The SMILES string of the molecule is Cc1cccc(C)c1OCCNC(=O)NCCCN(C)C. The van der Waals surface area contributed by atoms with E-state index < -0.39 is 0 Å². The van der Waals surface area contributed by atoms with Crippen LogP contribution in [0.15, 0.2) is 18.2 Å². The average Bonchev–Trinajstić information content (AvgIpc) is 2.42. The van der Waals surface area contributed by atoms with Crippen LogP contribution in [0.5, 0.6) is 5.75 Å². The molecule has 21 heavy (non-hydrogen) atoms. The summed E-state index contributed by atoms with van der Waals surface area (Å²) in [6, 6.07) is 5.91. The van der Waals surface area contributed by atoms with Crippen molar-refractivity contribution in [3.8, 4) is 5.75 Å². The zero-order chi connectivity index (χ0) is 15.7. The Labute approximate surface area is 127 Å². The topological polar surface area (TPSA) is 53.6 Å². The zero-order valence-corrected chi connectivity index (χ0v) is 13.5. The second-order valence-electron chi connectivity index (χ2n) is 5.41. The van der Waals surface area contributed by atoms with Gasteiger partial charge in [-0.3, -0.25) is 0 Å². The van der Waals surface area contributed by atoms with E-state index in [1.165, 1.54) is 0 Å². The van der Waals surface area contributed by atoms with Crippen LogP contribution in [0.3, 0.4) is 0 Å². The highest BCUT2D eigenvalue weighted by Gasteiger charge is 2.03. The molecule has 5 heteroatoms. The molecule has 0 atom stereocenters. The summed E-state index contributed by atoms with van der Waals surface area (Å²) in [6.45, 7) is 6.66. The summed E-state index contributed by atoms with van der Waals surface area (Å²) in [6.07, 6.45) is 0.944. The number of nitrogens with zero attached hydrogens (tertiary/aromatic N) is 1. The predicted molar refractivity (Wildman–Crippen MR) is 86.0 cm³/mol. The Balaban J connectivity index is 2.15. The van der Waals surface area contributed by atoms with Gasteiger partial charge in [-0.05, 0) is 52.0 Å². The molecule has 118 valence electrons. The first kappa shape index (κ1) is 17.3. The number of carbonyl (C=O) groups excluding carboxylic acids is 1. The molecule has 1 aromatic rings. The maximum absolute atomic E-state index is 11.5. The maximum atomic E-state index is 11.5. The van der Waals surface area contributed by atoms with Gasteiger partial charge in [0.15, 0.2) is 0 Å². The third-order valence-corrected chi connectivity index (χ3v) is 3.11. The van der Waals surface area contributed by atoms with Crippen molar-refractivity contribution in [2.24, 2.45) is 0 Å². The van der Waals surface area contributed by atoms with E-state index in [1.54, 1.807) is 0 Å². The van der Waals surface area contributed by atoms with Crippen molar-refractivity contribution in [2.45, 2.75) is 20.3 Å². The maximum Gasteiger partial charge on any atom is 0.314 e.